The average molecular weight is 302 g/mol. The van der Waals surface area contributed by atoms with Crippen molar-refractivity contribution >= 4 is 0 Å². The van der Waals surface area contributed by atoms with E-state index >= 15 is 0 Å². The van der Waals surface area contributed by atoms with E-state index in [2.05, 4.69) is 26.3 Å². The minimum atomic E-state index is -0.848. The van der Waals surface area contributed by atoms with Gasteiger partial charge in [0.25, 0.3) is 0 Å². The van der Waals surface area contributed by atoms with E-state index in [1.54, 1.807) is 24.3 Å². The molecular weight excluding hydrogens is 280 g/mol. The summed E-state index contributed by atoms with van der Waals surface area (Å²) in [5.74, 6) is 0. The molecular formula is C22H22O. The van der Waals surface area contributed by atoms with Crippen LogP contribution in [-0.4, -0.2) is 0 Å². The number of hydrogen-bond acceptors (Lipinski definition) is 1. The van der Waals surface area contributed by atoms with Crippen LogP contribution in [0, 0.1) is 0 Å². The van der Waals surface area contributed by atoms with Crippen LogP contribution in [0.25, 0.3) is 0 Å². The normalized spacial score (nSPS) is 11.5. The van der Waals surface area contributed by atoms with Gasteiger partial charge in [-0.2, -0.15) is 0 Å². The van der Waals surface area contributed by atoms with Crippen LogP contribution in [0.4, 0.5) is 0 Å². The Balaban J connectivity index is 2.57. The molecule has 0 heterocycles. The van der Waals surface area contributed by atoms with Crippen molar-refractivity contribution in [3.05, 3.63) is 122 Å². The molecule has 2 aromatic carbocycles. The zero-order chi connectivity index (χ0) is 16.8. The number of ether oxygens (including phenoxy) is 1. The summed E-state index contributed by atoms with van der Waals surface area (Å²) in [6, 6.07) is 19.8. The summed E-state index contributed by atoms with van der Waals surface area (Å²) in [6.45, 7) is 15.8. The average Bonchev–Trinajstić information content (AvgIpc) is 2.65. The Labute approximate surface area is 138 Å². The van der Waals surface area contributed by atoms with Crippen molar-refractivity contribution in [3.63, 3.8) is 0 Å². The van der Waals surface area contributed by atoms with Gasteiger partial charge in [-0.15, -0.1) is 0 Å². The summed E-state index contributed by atoms with van der Waals surface area (Å²) in [6.07, 6.45) is 7.00. The first-order valence-electron chi connectivity index (χ1n) is 7.52. The third-order valence-electron chi connectivity index (χ3n) is 4.00. The molecule has 0 spiro atoms. The highest BCUT2D eigenvalue weighted by molar-refractivity contribution is 5.37. The molecule has 0 amide bonds. The van der Waals surface area contributed by atoms with Crippen LogP contribution in [0.2, 0.25) is 0 Å². The van der Waals surface area contributed by atoms with Crippen LogP contribution in [0.3, 0.4) is 0 Å². The van der Waals surface area contributed by atoms with Gasteiger partial charge >= 0.3 is 0 Å². The first-order valence-corrected chi connectivity index (χ1v) is 7.52. The molecule has 0 saturated carbocycles. The van der Waals surface area contributed by atoms with Crippen molar-refractivity contribution in [1.29, 1.82) is 0 Å². The molecule has 0 aliphatic heterocycles. The molecule has 0 atom stereocenters. The Bertz CT molecular complexity index is 605. The minimum Gasteiger partial charge on any atom is -0.343 e. The molecule has 116 valence electrons. The second kappa shape index (κ2) is 7.08. The fourth-order valence-electron chi connectivity index (χ4n) is 2.60. The lowest BCUT2D eigenvalue weighted by molar-refractivity contribution is -0.0627. The van der Waals surface area contributed by atoms with E-state index in [9.17, 15) is 0 Å². The van der Waals surface area contributed by atoms with Crippen molar-refractivity contribution in [2.75, 3.05) is 0 Å². The number of hydrogen-bond donors (Lipinski definition) is 0. The highest BCUT2D eigenvalue weighted by Crippen LogP contribution is 2.39. The summed E-state index contributed by atoms with van der Waals surface area (Å²) in [5.41, 5.74) is 0.210. The zero-order valence-electron chi connectivity index (χ0n) is 13.3. The highest BCUT2D eigenvalue weighted by Gasteiger charge is 2.37. The van der Waals surface area contributed by atoms with E-state index < -0.39 is 11.2 Å². The molecule has 2 rings (SSSR count). The van der Waals surface area contributed by atoms with E-state index in [1.165, 1.54) is 0 Å². The Morgan fingerprint density at radius 3 is 1.13 bits per heavy atom. The van der Waals surface area contributed by atoms with Gasteiger partial charge in [-0.05, 0) is 11.1 Å². The maximum atomic E-state index is 6.52. The maximum Gasteiger partial charge on any atom is 0.131 e. The van der Waals surface area contributed by atoms with Crippen LogP contribution in [0.1, 0.15) is 11.1 Å². The van der Waals surface area contributed by atoms with E-state index in [0.29, 0.717) is 0 Å². The van der Waals surface area contributed by atoms with E-state index in [4.69, 9.17) is 4.74 Å². The molecule has 1 heteroatoms. The molecule has 23 heavy (non-hydrogen) atoms. The summed E-state index contributed by atoms with van der Waals surface area (Å²) < 4.78 is 6.52. The second-order valence-corrected chi connectivity index (χ2v) is 5.24. The minimum absolute atomic E-state index is 0.848. The van der Waals surface area contributed by atoms with Crippen molar-refractivity contribution in [3.8, 4) is 0 Å². The molecule has 1 nitrogen and oxygen atoms in total. The predicted octanol–water partition coefficient (Wildman–Crippen LogP) is 5.54. The lowest BCUT2D eigenvalue weighted by Gasteiger charge is -2.38. The van der Waals surface area contributed by atoms with E-state index in [1.807, 2.05) is 60.7 Å². The molecule has 0 N–H and O–H groups in total. The first kappa shape index (κ1) is 16.7. The van der Waals surface area contributed by atoms with Crippen LogP contribution >= 0.6 is 0 Å². The van der Waals surface area contributed by atoms with Crippen LogP contribution in [0.15, 0.2) is 111 Å². The second-order valence-electron chi connectivity index (χ2n) is 5.24. The molecule has 0 saturated heterocycles. The molecule has 0 unspecified atom stereocenters. The number of benzene rings is 2. The molecule has 0 radical (unpaired) electrons. The highest BCUT2D eigenvalue weighted by atomic mass is 16.5. The van der Waals surface area contributed by atoms with Crippen LogP contribution in [0.5, 0.6) is 0 Å². The Morgan fingerprint density at radius 1 is 0.565 bits per heavy atom. The Kier molecular flexibility index (Phi) is 5.15. The van der Waals surface area contributed by atoms with Crippen molar-refractivity contribution < 1.29 is 4.74 Å². The van der Waals surface area contributed by atoms with Gasteiger partial charge in [0.15, 0.2) is 0 Å². The Morgan fingerprint density at radius 2 is 0.870 bits per heavy atom. The van der Waals surface area contributed by atoms with Gasteiger partial charge in [-0.3, -0.25) is 0 Å². The van der Waals surface area contributed by atoms with Gasteiger partial charge in [0.2, 0.25) is 0 Å². The van der Waals surface area contributed by atoms with Gasteiger partial charge in [0, 0.05) is 0 Å². The van der Waals surface area contributed by atoms with Gasteiger partial charge in [-0.1, -0.05) is 111 Å². The molecule has 0 bridgehead atoms. The van der Waals surface area contributed by atoms with Gasteiger partial charge in [0.1, 0.15) is 11.2 Å². The fraction of sp³-hybridized carbons (Fsp3) is 0.0909. The zero-order valence-corrected chi connectivity index (χ0v) is 13.3. The van der Waals surface area contributed by atoms with Crippen LogP contribution in [-0.2, 0) is 15.9 Å². The van der Waals surface area contributed by atoms with Crippen molar-refractivity contribution in [2.24, 2.45) is 0 Å². The summed E-state index contributed by atoms with van der Waals surface area (Å²) >= 11 is 0. The third-order valence-corrected chi connectivity index (χ3v) is 4.00. The van der Waals surface area contributed by atoms with Crippen molar-refractivity contribution in [2.45, 2.75) is 11.2 Å². The predicted molar refractivity (Wildman–Crippen MR) is 98.1 cm³/mol. The number of rotatable bonds is 8. The van der Waals surface area contributed by atoms with Gasteiger partial charge in [0.05, 0.1) is 0 Å². The van der Waals surface area contributed by atoms with Crippen molar-refractivity contribution in [1.82, 2.24) is 0 Å². The summed E-state index contributed by atoms with van der Waals surface area (Å²) in [4.78, 5) is 0. The fourth-order valence-corrected chi connectivity index (χ4v) is 2.60. The summed E-state index contributed by atoms with van der Waals surface area (Å²) in [7, 11) is 0. The van der Waals surface area contributed by atoms with E-state index in [-0.39, 0.29) is 0 Å². The third kappa shape index (κ3) is 3.10. The van der Waals surface area contributed by atoms with E-state index in [0.717, 1.165) is 11.1 Å². The summed E-state index contributed by atoms with van der Waals surface area (Å²) in [5, 5.41) is 0. The topological polar surface area (TPSA) is 9.23 Å². The molecule has 0 aliphatic carbocycles. The maximum absolute atomic E-state index is 6.52. The largest absolute Gasteiger partial charge is 0.343 e. The Hall–Kier alpha value is -2.64. The molecule has 0 aliphatic rings. The molecule has 0 fully saturated rings. The smallest absolute Gasteiger partial charge is 0.131 e. The lowest BCUT2D eigenvalue weighted by Crippen LogP contribution is -2.36. The molecule has 0 aromatic heterocycles. The van der Waals surface area contributed by atoms with Gasteiger partial charge < -0.3 is 4.74 Å². The quantitative estimate of drug-likeness (QED) is 0.582. The van der Waals surface area contributed by atoms with Crippen LogP contribution < -0.4 is 0 Å². The van der Waals surface area contributed by atoms with Gasteiger partial charge in [-0.25, -0.2) is 0 Å². The molecule has 2 aromatic rings. The SMILES string of the molecule is C=CC(C=C)(OC(C=C)(C=C)c1ccccc1)c1ccccc1. The standard InChI is InChI=1S/C22H22O/c1-5-21(6-2,19-15-11-9-12-16-19)23-22(7-3,8-4)20-17-13-10-14-18-20/h5-18H,1-4H2. The lowest BCUT2D eigenvalue weighted by atomic mass is 9.88. The first-order chi connectivity index (χ1) is 11.2. The monoisotopic (exact) mass is 302 g/mol.